The predicted molar refractivity (Wildman–Crippen MR) is 147 cm³/mol. The van der Waals surface area contributed by atoms with Gasteiger partial charge in [-0.25, -0.2) is 0 Å². The third-order valence-electron chi connectivity index (χ3n) is 6.54. The Balaban J connectivity index is 1.69. The summed E-state index contributed by atoms with van der Waals surface area (Å²) >= 11 is 0. The van der Waals surface area contributed by atoms with Crippen LogP contribution in [0.5, 0.6) is 11.5 Å². The Bertz CT molecular complexity index is 1320. The number of amides is 1. The highest BCUT2D eigenvalue weighted by Crippen LogP contribution is 2.40. The fourth-order valence-electron chi connectivity index (χ4n) is 4.56. The molecule has 1 fully saturated rings. The number of likely N-dealkylation sites (N-methyl/N-ethyl adjacent to an activating group) is 1. The number of aliphatic hydroxyl groups is 1. The van der Waals surface area contributed by atoms with E-state index in [2.05, 4.69) is 0 Å². The minimum absolute atomic E-state index is 0.0824. The molecular weight excluding hydrogens is 480 g/mol. The number of ether oxygens (including phenoxy) is 2. The molecular formula is C31H34N2O5. The number of carbonyl (C=O) groups excluding carboxylic acids is 2. The molecule has 0 spiro atoms. The number of aliphatic hydroxyl groups excluding tert-OH is 1. The van der Waals surface area contributed by atoms with Gasteiger partial charge < -0.3 is 24.4 Å². The fraction of sp³-hybridized carbons (Fsp3) is 0.290. The van der Waals surface area contributed by atoms with Crippen molar-refractivity contribution in [3.8, 4) is 11.5 Å². The lowest BCUT2D eigenvalue weighted by molar-refractivity contribution is -0.140. The van der Waals surface area contributed by atoms with E-state index in [1.165, 1.54) is 4.90 Å². The van der Waals surface area contributed by atoms with E-state index in [-0.39, 0.29) is 11.3 Å². The van der Waals surface area contributed by atoms with Gasteiger partial charge in [0.2, 0.25) is 0 Å². The Morgan fingerprint density at radius 3 is 2.26 bits per heavy atom. The Morgan fingerprint density at radius 2 is 1.63 bits per heavy atom. The summed E-state index contributed by atoms with van der Waals surface area (Å²) in [6, 6.07) is 21.8. The molecule has 0 aliphatic carbocycles. The summed E-state index contributed by atoms with van der Waals surface area (Å²) in [4.78, 5) is 29.9. The second kappa shape index (κ2) is 12.0. The van der Waals surface area contributed by atoms with Crippen molar-refractivity contribution in [3.05, 3.63) is 101 Å². The molecule has 7 nitrogen and oxygen atoms in total. The first kappa shape index (κ1) is 26.9. The highest BCUT2D eigenvalue weighted by Gasteiger charge is 2.46. The van der Waals surface area contributed by atoms with Gasteiger partial charge in [0.25, 0.3) is 11.7 Å². The second-order valence-electron chi connectivity index (χ2n) is 9.55. The van der Waals surface area contributed by atoms with Crippen LogP contribution in [-0.2, 0) is 16.2 Å². The summed E-state index contributed by atoms with van der Waals surface area (Å²) in [5.41, 5.74) is 3.08. The van der Waals surface area contributed by atoms with E-state index in [9.17, 15) is 14.7 Å². The molecule has 0 unspecified atom stereocenters. The van der Waals surface area contributed by atoms with Gasteiger partial charge in [-0.1, -0.05) is 42.5 Å². The molecule has 0 aromatic heterocycles. The van der Waals surface area contributed by atoms with Gasteiger partial charge in [0.15, 0.2) is 0 Å². The summed E-state index contributed by atoms with van der Waals surface area (Å²) < 4.78 is 11.5. The molecule has 1 atom stereocenters. The van der Waals surface area contributed by atoms with Crippen LogP contribution in [0.2, 0.25) is 0 Å². The van der Waals surface area contributed by atoms with Gasteiger partial charge >= 0.3 is 0 Å². The topological polar surface area (TPSA) is 79.3 Å². The highest BCUT2D eigenvalue weighted by molar-refractivity contribution is 6.46. The molecule has 1 amide bonds. The third kappa shape index (κ3) is 5.89. The fourth-order valence-corrected chi connectivity index (χ4v) is 4.56. The lowest BCUT2D eigenvalue weighted by Gasteiger charge is -2.26. The van der Waals surface area contributed by atoms with Gasteiger partial charge in [-0.2, -0.15) is 0 Å². The first-order valence-electron chi connectivity index (χ1n) is 12.7. The molecule has 198 valence electrons. The van der Waals surface area contributed by atoms with Crippen molar-refractivity contribution in [1.29, 1.82) is 0 Å². The Labute approximate surface area is 223 Å². The quantitative estimate of drug-likeness (QED) is 0.234. The minimum atomic E-state index is -0.709. The monoisotopic (exact) mass is 514 g/mol. The molecule has 1 aliphatic heterocycles. The number of Topliss-reactive ketones (excluding diaryl/α,β-unsaturated/α-hetero) is 1. The number of hydrogen-bond acceptors (Lipinski definition) is 6. The van der Waals surface area contributed by atoms with Gasteiger partial charge in [0.05, 0.1) is 18.2 Å². The highest BCUT2D eigenvalue weighted by atomic mass is 16.5. The zero-order chi connectivity index (χ0) is 27.2. The average molecular weight is 515 g/mol. The van der Waals surface area contributed by atoms with Gasteiger partial charge in [-0.15, -0.1) is 0 Å². The molecule has 1 saturated heterocycles. The summed E-state index contributed by atoms with van der Waals surface area (Å²) in [5, 5.41) is 11.5. The van der Waals surface area contributed by atoms with Crippen molar-refractivity contribution in [1.82, 2.24) is 9.80 Å². The number of ketones is 1. The van der Waals surface area contributed by atoms with E-state index in [1.807, 2.05) is 93.5 Å². The van der Waals surface area contributed by atoms with Crippen LogP contribution >= 0.6 is 0 Å². The Hall–Kier alpha value is -4.10. The van der Waals surface area contributed by atoms with Crippen LogP contribution in [0.15, 0.2) is 78.4 Å². The predicted octanol–water partition coefficient (Wildman–Crippen LogP) is 4.96. The molecule has 38 heavy (non-hydrogen) atoms. The number of nitrogens with zero attached hydrogens (tertiary/aromatic N) is 2. The molecule has 1 heterocycles. The number of carbonyl (C=O) groups is 2. The van der Waals surface area contributed by atoms with Crippen LogP contribution in [0.25, 0.3) is 5.76 Å². The molecule has 0 bridgehead atoms. The Kier molecular flexibility index (Phi) is 8.48. The molecule has 1 aliphatic rings. The van der Waals surface area contributed by atoms with Crippen LogP contribution in [0.4, 0.5) is 0 Å². The normalized spacial score (nSPS) is 16.8. The van der Waals surface area contributed by atoms with Crippen molar-refractivity contribution < 1.29 is 24.2 Å². The summed E-state index contributed by atoms with van der Waals surface area (Å²) in [6.45, 7) is 5.62. The SMILES string of the molecule is CCOc1ccc([C@H]2C(=C(O)c3ccc(OCc4ccccc4)cc3C)C(=O)C(=O)N2CCN(C)C)cc1. The maximum atomic E-state index is 13.3. The molecule has 0 saturated carbocycles. The smallest absolute Gasteiger partial charge is 0.295 e. The van der Waals surface area contributed by atoms with E-state index in [1.54, 1.807) is 12.1 Å². The first-order valence-corrected chi connectivity index (χ1v) is 12.7. The standard InChI is InChI=1S/C31H34N2O5/c1-5-37-24-13-11-23(12-14-24)28-27(30(35)31(36)33(28)18-17-32(3)4)29(34)26-16-15-25(19-21(26)2)38-20-22-9-7-6-8-10-22/h6-16,19,28,34H,5,17-18,20H2,1-4H3/t28-/m0/s1. The summed E-state index contributed by atoms with van der Waals surface area (Å²) in [6.07, 6.45) is 0. The van der Waals surface area contributed by atoms with Crippen LogP contribution < -0.4 is 9.47 Å². The van der Waals surface area contributed by atoms with Crippen molar-refractivity contribution >= 4 is 17.4 Å². The van der Waals surface area contributed by atoms with Crippen LogP contribution in [0, 0.1) is 6.92 Å². The number of hydrogen-bond donors (Lipinski definition) is 1. The van der Waals surface area contributed by atoms with Crippen LogP contribution in [-0.4, -0.2) is 60.4 Å². The Morgan fingerprint density at radius 1 is 0.947 bits per heavy atom. The van der Waals surface area contributed by atoms with Crippen molar-refractivity contribution in [2.24, 2.45) is 0 Å². The lowest BCUT2D eigenvalue weighted by Crippen LogP contribution is -2.35. The lowest BCUT2D eigenvalue weighted by atomic mass is 9.94. The zero-order valence-corrected chi connectivity index (χ0v) is 22.3. The third-order valence-corrected chi connectivity index (χ3v) is 6.54. The number of rotatable bonds is 10. The maximum Gasteiger partial charge on any atom is 0.295 e. The van der Waals surface area contributed by atoms with E-state index in [0.29, 0.717) is 43.4 Å². The van der Waals surface area contributed by atoms with Gasteiger partial charge in [-0.3, -0.25) is 9.59 Å². The first-order chi connectivity index (χ1) is 18.3. The van der Waals surface area contributed by atoms with Gasteiger partial charge in [0, 0.05) is 18.7 Å². The minimum Gasteiger partial charge on any atom is -0.507 e. The number of benzene rings is 3. The molecule has 7 heteroatoms. The molecule has 3 aromatic carbocycles. The van der Waals surface area contributed by atoms with Crippen molar-refractivity contribution in [3.63, 3.8) is 0 Å². The van der Waals surface area contributed by atoms with Crippen molar-refractivity contribution in [2.75, 3.05) is 33.8 Å². The summed E-state index contributed by atoms with van der Waals surface area (Å²) in [5.74, 6) is -0.153. The van der Waals surface area contributed by atoms with E-state index >= 15 is 0 Å². The molecule has 1 N–H and O–H groups in total. The van der Waals surface area contributed by atoms with Gasteiger partial charge in [-0.05, 0) is 75.0 Å². The van der Waals surface area contributed by atoms with Crippen LogP contribution in [0.1, 0.15) is 35.2 Å². The van der Waals surface area contributed by atoms with E-state index in [4.69, 9.17) is 9.47 Å². The van der Waals surface area contributed by atoms with E-state index in [0.717, 1.165) is 16.7 Å². The maximum absolute atomic E-state index is 13.3. The molecule has 4 rings (SSSR count). The zero-order valence-electron chi connectivity index (χ0n) is 22.3. The van der Waals surface area contributed by atoms with Crippen LogP contribution in [0.3, 0.4) is 0 Å². The van der Waals surface area contributed by atoms with Gasteiger partial charge in [0.1, 0.15) is 23.9 Å². The molecule has 3 aromatic rings. The molecule has 0 radical (unpaired) electrons. The largest absolute Gasteiger partial charge is 0.507 e. The summed E-state index contributed by atoms with van der Waals surface area (Å²) in [7, 11) is 3.82. The second-order valence-corrected chi connectivity index (χ2v) is 9.55. The van der Waals surface area contributed by atoms with Crippen molar-refractivity contribution in [2.45, 2.75) is 26.5 Å². The average Bonchev–Trinajstić information content (AvgIpc) is 3.16. The van der Waals surface area contributed by atoms with E-state index < -0.39 is 17.7 Å². The number of aryl methyl sites for hydroxylation is 1. The number of likely N-dealkylation sites (tertiary alicyclic amines) is 1.